The first kappa shape index (κ1) is 29.0. The molecule has 0 radical (unpaired) electrons. The van der Waals surface area contributed by atoms with E-state index >= 15 is 0 Å². The molecule has 0 saturated heterocycles. The number of carbonyl (C=O) groups is 2. The third-order valence-electron chi connectivity index (χ3n) is 5.61. The zero-order valence-electron chi connectivity index (χ0n) is 21.5. The standard InChI is InChI=1S/C30H40O6/c1-3-5-6-7-8-11-22-34-27-18-20-28(21-19-27)36-30(32)25-14-16-26(17-15-25)33-23-12-9-10-13-24-35-29(31)4-2/h4,14-21H,2-3,5-13,22-24H2,1H3. The highest BCUT2D eigenvalue weighted by Crippen LogP contribution is 2.20. The maximum atomic E-state index is 12.4. The van der Waals surface area contributed by atoms with Gasteiger partial charge in [-0.05, 0) is 80.6 Å². The molecule has 0 aliphatic rings. The second kappa shape index (κ2) is 18.1. The maximum absolute atomic E-state index is 12.4. The van der Waals surface area contributed by atoms with Crippen LogP contribution in [0.1, 0.15) is 81.5 Å². The van der Waals surface area contributed by atoms with Crippen LogP contribution in [0.2, 0.25) is 0 Å². The summed E-state index contributed by atoms with van der Waals surface area (Å²) in [5.41, 5.74) is 0.458. The predicted molar refractivity (Wildman–Crippen MR) is 142 cm³/mol. The summed E-state index contributed by atoms with van der Waals surface area (Å²) >= 11 is 0. The highest BCUT2D eigenvalue weighted by Gasteiger charge is 2.09. The molecule has 0 amide bonds. The minimum Gasteiger partial charge on any atom is -0.494 e. The molecule has 6 heteroatoms. The minimum absolute atomic E-state index is 0.382. The number of rotatable bonds is 19. The lowest BCUT2D eigenvalue weighted by atomic mass is 10.1. The lowest BCUT2D eigenvalue weighted by molar-refractivity contribution is -0.137. The first-order valence-electron chi connectivity index (χ1n) is 13.1. The summed E-state index contributed by atoms with van der Waals surface area (Å²) in [6.07, 6.45) is 12.2. The lowest BCUT2D eigenvalue weighted by Crippen LogP contribution is -2.08. The van der Waals surface area contributed by atoms with E-state index in [0.717, 1.165) is 37.9 Å². The fourth-order valence-corrected chi connectivity index (χ4v) is 3.51. The highest BCUT2D eigenvalue weighted by molar-refractivity contribution is 5.91. The Morgan fingerprint density at radius 1 is 0.667 bits per heavy atom. The van der Waals surface area contributed by atoms with Crippen LogP contribution in [-0.2, 0) is 9.53 Å². The summed E-state index contributed by atoms with van der Waals surface area (Å²) in [6, 6.07) is 14.1. The van der Waals surface area contributed by atoms with Crippen molar-refractivity contribution in [1.29, 1.82) is 0 Å². The second-order valence-corrected chi connectivity index (χ2v) is 8.64. The van der Waals surface area contributed by atoms with Crippen LogP contribution < -0.4 is 14.2 Å². The van der Waals surface area contributed by atoms with E-state index in [1.807, 2.05) is 12.1 Å². The Hall–Kier alpha value is -3.28. The van der Waals surface area contributed by atoms with Gasteiger partial charge in [0, 0.05) is 6.08 Å². The quantitative estimate of drug-likeness (QED) is 0.0878. The largest absolute Gasteiger partial charge is 0.494 e. The van der Waals surface area contributed by atoms with Gasteiger partial charge in [0.25, 0.3) is 0 Å². The molecular formula is C30H40O6. The average molecular weight is 497 g/mol. The lowest BCUT2D eigenvalue weighted by Gasteiger charge is -2.09. The van der Waals surface area contributed by atoms with E-state index in [1.54, 1.807) is 36.4 Å². The van der Waals surface area contributed by atoms with Crippen molar-refractivity contribution in [2.45, 2.75) is 71.1 Å². The molecule has 196 valence electrons. The van der Waals surface area contributed by atoms with Gasteiger partial charge in [0.05, 0.1) is 25.4 Å². The third-order valence-corrected chi connectivity index (χ3v) is 5.61. The zero-order chi connectivity index (χ0) is 25.8. The van der Waals surface area contributed by atoms with Gasteiger partial charge in [-0.2, -0.15) is 0 Å². The van der Waals surface area contributed by atoms with E-state index in [-0.39, 0.29) is 5.97 Å². The van der Waals surface area contributed by atoms with Crippen molar-refractivity contribution in [2.75, 3.05) is 19.8 Å². The predicted octanol–water partition coefficient (Wildman–Crippen LogP) is 7.31. The molecule has 0 saturated carbocycles. The Morgan fingerprint density at radius 3 is 1.69 bits per heavy atom. The van der Waals surface area contributed by atoms with Crippen molar-refractivity contribution < 1.29 is 28.5 Å². The summed E-state index contributed by atoms with van der Waals surface area (Å²) in [6.45, 7) is 7.29. The van der Waals surface area contributed by atoms with E-state index in [0.29, 0.717) is 36.9 Å². The minimum atomic E-state index is -0.417. The molecule has 0 heterocycles. The summed E-state index contributed by atoms with van der Waals surface area (Å²) in [7, 11) is 0. The molecule has 0 aromatic heterocycles. The van der Waals surface area contributed by atoms with Gasteiger partial charge in [0.15, 0.2) is 0 Å². The number of hydrogen-bond acceptors (Lipinski definition) is 6. The molecule has 0 N–H and O–H groups in total. The Bertz CT molecular complexity index is 889. The van der Waals surface area contributed by atoms with Gasteiger partial charge < -0.3 is 18.9 Å². The molecule has 2 aromatic carbocycles. The van der Waals surface area contributed by atoms with E-state index < -0.39 is 5.97 Å². The smallest absolute Gasteiger partial charge is 0.343 e. The molecule has 36 heavy (non-hydrogen) atoms. The van der Waals surface area contributed by atoms with Crippen LogP contribution in [0.15, 0.2) is 61.2 Å². The van der Waals surface area contributed by atoms with Crippen LogP contribution in [0.25, 0.3) is 0 Å². The molecule has 2 aromatic rings. The first-order valence-corrected chi connectivity index (χ1v) is 13.1. The zero-order valence-corrected chi connectivity index (χ0v) is 21.5. The van der Waals surface area contributed by atoms with Gasteiger partial charge in [0.2, 0.25) is 0 Å². The highest BCUT2D eigenvalue weighted by atomic mass is 16.5. The van der Waals surface area contributed by atoms with Crippen molar-refractivity contribution in [2.24, 2.45) is 0 Å². The van der Waals surface area contributed by atoms with E-state index in [9.17, 15) is 9.59 Å². The molecule has 0 fully saturated rings. The molecule has 0 aliphatic carbocycles. The number of benzene rings is 2. The van der Waals surface area contributed by atoms with Crippen molar-refractivity contribution in [1.82, 2.24) is 0 Å². The van der Waals surface area contributed by atoms with Crippen molar-refractivity contribution >= 4 is 11.9 Å². The Morgan fingerprint density at radius 2 is 1.14 bits per heavy atom. The topological polar surface area (TPSA) is 71.1 Å². The fraction of sp³-hybridized carbons (Fsp3) is 0.467. The van der Waals surface area contributed by atoms with Gasteiger partial charge in [-0.15, -0.1) is 0 Å². The summed E-state index contributed by atoms with van der Waals surface area (Å²) in [4.78, 5) is 23.4. The number of esters is 2. The van der Waals surface area contributed by atoms with Crippen LogP contribution >= 0.6 is 0 Å². The maximum Gasteiger partial charge on any atom is 0.343 e. The molecule has 0 spiro atoms. The first-order chi connectivity index (χ1) is 17.6. The van der Waals surface area contributed by atoms with Crippen LogP contribution in [0.4, 0.5) is 0 Å². The van der Waals surface area contributed by atoms with Crippen molar-refractivity contribution in [3.63, 3.8) is 0 Å². The van der Waals surface area contributed by atoms with E-state index in [2.05, 4.69) is 13.5 Å². The molecule has 2 rings (SSSR count). The van der Waals surface area contributed by atoms with Crippen molar-refractivity contribution in [3.8, 4) is 17.2 Å². The van der Waals surface area contributed by atoms with Crippen LogP contribution in [0.5, 0.6) is 17.2 Å². The van der Waals surface area contributed by atoms with E-state index in [1.165, 1.54) is 38.2 Å². The molecule has 6 nitrogen and oxygen atoms in total. The van der Waals surface area contributed by atoms with Crippen LogP contribution in [-0.4, -0.2) is 31.8 Å². The average Bonchev–Trinajstić information content (AvgIpc) is 2.90. The van der Waals surface area contributed by atoms with Gasteiger partial charge in [-0.3, -0.25) is 0 Å². The third kappa shape index (κ3) is 12.4. The van der Waals surface area contributed by atoms with Gasteiger partial charge >= 0.3 is 11.9 Å². The number of hydrogen-bond donors (Lipinski definition) is 0. The van der Waals surface area contributed by atoms with Gasteiger partial charge in [-0.1, -0.05) is 45.6 Å². The van der Waals surface area contributed by atoms with E-state index in [4.69, 9.17) is 18.9 Å². The Kier molecular flexibility index (Phi) is 14.5. The number of ether oxygens (including phenoxy) is 4. The molecule has 0 aliphatic heterocycles. The fourth-order valence-electron chi connectivity index (χ4n) is 3.51. The number of unbranched alkanes of at least 4 members (excludes halogenated alkanes) is 8. The number of carbonyl (C=O) groups excluding carboxylic acids is 2. The summed E-state index contributed by atoms with van der Waals surface area (Å²) in [5.74, 6) is 1.16. The van der Waals surface area contributed by atoms with Crippen LogP contribution in [0, 0.1) is 0 Å². The van der Waals surface area contributed by atoms with Gasteiger partial charge in [0.1, 0.15) is 17.2 Å². The van der Waals surface area contributed by atoms with Crippen molar-refractivity contribution in [3.05, 3.63) is 66.7 Å². The second-order valence-electron chi connectivity index (χ2n) is 8.64. The molecule has 0 bridgehead atoms. The Labute approximate surface area is 215 Å². The van der Waals surface area contributed by atoms with Crippen LogP contribution in [0.3, 0.4) is 0 Å². The monoisotopic (exact) mass is 496 g/mol. The van der Waals surface area contributed by atoms with Gasteiger partial charge in [-0.25, -0.2) is 9.59 Å². The SMILES string of the molecule is C=CC(=O)OCCCCCCOc1ccc(C(=O)Oc2ccc(OCCCCCCCC)cc2)cc1. The molecular weight excluding hydrogens is 456 g/mol. The summed E-state index contributed by atoms with van der Waals surface area (Å²) in [5, 5.41) is 0. The summed E-state index contributed by atoms with van der Waals surface area (Å²) < 4.78 is 21.9. The normalized spacial score (nSPS) is 10.5. The molecule has 0 unspecified atom stereocenters. The Balaban J connectivity index is 1.61. The molecule has 0 atom stereocenters.